The summed E-state index contributed by atoms with van der Waals surface area (Å²) in [6, 6.07) is 0.249. The van der Waals surface area contributed by atoms with Crippen molar-refractivity contribution >= 4 is 11.7 Å². The molecule has 1 amide bonds. The van der Waals surface area contributed by atoms with Gasteiger partial charge in [0.25, 0.3) is 5.56 Å². The maximum absolute atomic E-state index is 12.7. The Morgan fingerprint density at radius 1 is 1.12 bits per heavy atom. The van der Waals surface area contributed by atoms with Gasteiger partial charge in [-0.1, -0.05) is 24.4 Å². The molecule has 0 bridgehead atoms. The molecule has 1 aliphatic heterocycles. The summed E-state index contributed by atoms with van der Waals surface area (Å²) in [5.41, 5.74) is 2.11. The van der Waals surface area contributed by atoms with Crippen LogP contribution in [0.1, 0.15) is 73.1 Å². The van der Waals surface area contributed by atoms with Crippen molar-refractivity contribution < 1.29 is 9.32 Å². The molecule has 4 rings (SSSR count). The van der Waals surface area contributed by atoms with Gasteiger partial charge in [0.1, 0.15) is 11.6 Å². The van der Waals surface area contributed by atoms with Crippen molar-refractivity contribution in [2.75, 3.05) is 5.32 Å². The first kappa shape index (κ1) is 15.2. The third-order valence-electron chi connectivity index (χ3n) is 5.34. The van der Waals surface area contributed by atoms with E-state index in [-0.39, 0.29) is 29.8 Å². The van der Waals surface area contributed by atoms with Gasteiger partial charge in [-0.2, -0.15) is 0 Å². The molecular formula is C17H22N4O3. The van der Waals surface area contributed by atoms with E-state index in [0.29, 0.717) is 17.1 Å². The summed E-state index contributed by atoms with van der Waals surface area (Å²) in [6.45, 7) is 3.68. The molecule has 1 aliphatic carbocycles. The Balaban J connectivity index is 1.84. The first-order valence-corrected chi connectivity index (χ1v) is 8.63. The van der Waals surface area contributed by atoms with E-state index in [4.69, 9.17) is 4.52 Å². The summed E-state index contributed by atoms with van der Waals surface area (Å²) in [5.74, 6) is 0.931. The lowest BCUT2D eigenvalue weighted by atomic mass is 9.86. The Hall–Kier alpha value is -2.31. The predicted molar refractivity (Wildman–Crippen MR) is 88.2 cm³/mol. The van der Waals surface area contributed by atoms with Crippen molar-refractivity contribution in [2.24, 2.45) is 0 Å². The first-order valence-electron chi connectivity index (χ1n) is 8.63. The molecule has 2 aliphatic rings. The van der Waals surface area contributed by atoms with E-state index in [1.54, 1.807) is 0 Å². The van der Waals surface area contributed by atoms with Crippen LogP contribution in [0, 0.1) is 13.8 Å². The minimum atomic E-state index is -0.298. The largest absolute Gasteiger partial charge is 0.361 e. The third kappa shape index (κ3) is 2.30. The highest BCUT2D eigenvalue weighted by atomic mass is 16.5. The molecule has 24 heavy (non-hydrogen) atoms. The molecule has 2 aromatic rings. The maximum Gasteiger partial charge on any atom is 0.270 e. The summed E-state index contributed by atoms with van der Waals surface area (Å²) >= 11 is 0. The summed E-state index contributed by atoms with van der Waals surface area (Å²) in [4.78, 5) is 25.0. The number of aromatic nitrogens is 3. The number of carbonyl (C=O) groups is 1. The van der Waals surface area contributed by atoms with E-state index < -0.39 is 0 Å². The summed E-state index contributed by atoms with van der Waals surface area (Å²) in [6.07, 6.45) is 5.85. The number of anilines is 1. The molecule has 2 N–H and O–H groups in total. The average Bonchev–Trinajstić information content (AvgIpc) is 3.07. The lowest BCUT2D eigenvalue weighted by Crippen LogP contribution is -2.28. The quantitative estimate of drug-likeness (QED) is 0.885. The fraction of sp³-hybridized carbons (Fsp3) is 0.588. The molecule has 128 valence electrons. The van der Waals surface area contributed by atoms with E-state index >= 15 is 0 Å². The van der Waals surface area contributed by atoms with Crippen LogP contribution in [0.15, 0.2) is 9.32 Å². The van der Waals surface area contributed by atoms with Crippen molar-refractivity contribution in [1.29, 1.82) is 0 Å². The summed E-state index contributed by atoms with van der Waals surface area (Å²) < 4.78 is 7.15. The van der Waals surface area contributed by atoms with Crippen molar-refractivity contribution in [3.8, 4) is 0 Å². The molecule has 7 heteroatoms. The van der Waals surface area contributed by atoms with Crippen molar-refractivity contribution in [3.05, 3.63) is 32.9 Å². The van der Waals surface area contributed by atoms with Crippen LogP contribution in [0.25, 0.3) is 0 Å². The number of hydrogen-bond acceptors (Lipinski definition) is 4. The number of aromatic amines is 1. The Morgan fingerprint density at radius 3 is 2.54 bits per heavy atom. The monoisotopic (exact) mass is 330 g/mol. The zero-order chi connectivity index (χ0) is 16.8. The van der Waals surface area contributed by atoms with Crippen molar-refractivity contribution in [3.63, 3.8) is 0 Å². The van der Waals surface area contributed by atoms with Crippen LogP contribution in [0.3, 0.4) is 0 Å². The molecule has 7 nitrogen and oxygen atoms in total. The van der Waals surface area contributed by atoms with Gasteiger partial charge < -0.3 is 9.84 Å². The highest BCUT2D eigenvalue weighted by Crippen LogP contribution is 2.40. The number of rotatable bonds is 2. The summed E-state index contributed by atoms with van der Waals surface area (Å²) in [5, 5.41) is 9.88. The minimum Gasteiger partial charge on any atom is -0.361 e. The zero-order valence-corrected chi connectivity index (χ0v) is 14.0. The number of H-pyrrole nitrogens is 1. The predicted octanol–water partition coefficient (Wildman–Crippen LogP) is 2.76. The Bertz CT molecular complexity index is 819. The van der Waals surface area contributed by atoms with E-state index in [9.17, 15) is 9.59 Å². The first-order chi connectivity index (χ1) is 11.6. The second kappa shape index (κ2) is 5.65. The average molecular weight is 330 g/mol. The van der Waals surface area contributed by atoms with Gasteiger partial charge in [-0.05, 0) is 26.7 Å². The lowest BCUT2D eigenvalue weighted by Gasteiger charge is -2.28. The number of hydrogen-bond donors (Lipinski definition) is 2. The van der Waals surface area contributed by atoms with Gasteiger partial charge in [-0.3, -0.25) is 19.4 Å². The van der Waals surface area contributed by atoms with Crippen LogP contribution in [-0.2, 0) is 4.79 Å². The van der Waals surface area contributed by atoms with Gasteiger partial charge in [-0.15, -0.1) is 0 Å². The molecule has 1 saturated carbocycles. The number of nitrogens with zero attached hydrogens (tertiary/aromatic N) is 2. The highest BCUT2D eigenvalue weighted by Gasteiger charge is 2.36. The van der Waals surface area contributed by atoms with Gasteiger partial charge in [-0.25, -0.2) is 0 Å². The SMILES string of the molecule is Cc1noc(C)c1C1CC(=O)Nc2c1c(=O)[nH]n2C1CCCCC1. The van der Waals surface area contributed by atoms with E-state index in [0.717, 1.165) is 36.9 Å². The summed E-state index contributed by atoms with van der Waals surface area (Å²) in [7, 11) is 0. The molecular weight excluding hydrogens is 308 g/mol. The van der Waals surface area contributed by atoms with Gasteiger partial charge in [0.05, 0.1) is 17.3 Å². The maximum atomic E-state index is 12.7. The third-order valence-corrected chi connectivity index (χ3v) is 5.34. The van der Waals surface area contributed by atoms with Crippen LogP contribution in [-0.4, -0.2) is 20.8 Å². The Labute approximate surface area is 139 Å². The lowest BCUT2D eigenvalue weighted by molar-refractivity contribution is -0.116. The van der Waals surface area contributed by atoms with Crippen LogP contribution in [0.4, 0.5) is 5.82 Å². The van der Waals surface area contributed by atoms with Gasteiger partial charge in [0.15, 0.2) is 0 Å². The van der Waals surface area contributed by atoms with Crippen molar-refractivity contribution in [1.82, 2.24) is 14.9 Å². The topological polar surface area (TPSA) is 92.9 Å². The smallest absolute Gasteiger partial charge is 0.270 e. The Morgan fingerprint density at radius 2 is 1.88 bits per heavy atom. The number of amides is 1. The van der Waals surface area contributed by atoms with Gasteiger partial charge in [0.2, 0.25) is 5.91 Å². The standard InChI is InChI=1S/C17H22N4O3/c1-9-14(10(2)24-20-9)12-8-13(22)18-16-15(12)17(23)19-21(16)11-6-4-3-5-7-11/h11-12H,3-8H2,1-2H3,(H,18,22)(H,19,23). The number of carbonyl (C=O) groups excluding carboxylic acids is 1. The van der Waals surface area contributed by atoms with Gasteiger partial charge >= 0.3 is 0 Å². The van der Waals surface area contributed by atoms with E-state index in [1.807, 2.05) is 18.5 Å². The van der Waals surface area contributed by atoms with Crippen LogP contribution in [0.5, 0.6) is 0 Å². The molecule has 1 fully saturated rings. The molecule has 1 atom stereocenters. The van der Waals surface area contributed by atoms with Crippen LogP contribution < -0.4 is 10.9 Å². The number of fused-ring (bicyclic) bond motifs is 1. The molecule has 0 radical (unpaired) electrons. The molecule has 0 saturated heterocycles. The second-order valence-corrected chi connectivity index (χ2v) is 6.91. The molecule has 1 unspecified atom stereocenters. The molecule has 0 spiro atoms. The van der Waals surface area contributed by atoms with Crippen LogP contribution >= 0.6 is 0 Å². The minimum absolute atomic E-state index is 0.0731. The fourth-order valence-electron chi connectivity index (χ4n) is 4.23. The molecule has 2 aromatic heterocycles. The van der Waals surface area contributed by atoms with Crippen LogP contribution in [0.2, 0.25) is 0 Å². The van der Waals surface area contributed by atoms with Gasteiger partial charge in [0, 0.05) is 17.9 Å². The Kier molecular flexibility index (Phi) is 3.58. The fourth-order valence-corrected chi connectivity index (χ4v) is 4.23. The number of nitrogens with one attached hydrogen (secondary N) is 2. The second-order valence-electron chi connectivity index (χ2n) is 6.91. The zero-order valence-electron chi connectivity index (χ0n) is 14.0. The van der Waals surface area contributed by atoms with Crippen molar-refractivity contribution in [2.45, 2.75) is 64.3 Å². The van der Waals surface area contributed by atoms with E-state index in [1.165, 1.54) is 6.42 Å². The highest BCUT2D eigenvalue weighted by molar-refractivity contribution is 5.94. The van der Waals surface area contributed by atoms with E-state index in [2.05, 4.69) is 15.6 Å². The number of aryl methyl sites for hydroxylation is 2. The molecule has 0 aromatic carbocycles. The molecule has 3 heterocycles. The normalized spacial score (nSPS) is 21.6.